The molecule has 0 heterocycles. The first-order valence-electron chi connectivity index (χ1n) is 7.07. The monoisotopic (exact) mass is 258 g/mol. The molecule has 102 valence electrons. The Morgan fingerprint density at radius 1 is 1.32 bits per heavy atom. The molecule has 0 amide bonds. The van der Waals surface area contributed by atoms with Gasteiger partial charge in [0.2, 0.25) is 0 Å². The highest BCUT2D eigenvalue weighted by molar-refractivity contribution is 5.72. The number of carbonyl (C=O) groups excluding carboxylic acids is 1. The van der Waals surface area contributed by atoms with Gasteiger partial charge in [-0.25, -0.2) is 0 Å². The summed E-state index contributed by atoms with van der Waals surface area (Å²) in [6, 6.07) is 10.6. The summed E-state index contributed by atoms with van der Waals surface area (Å²) >= 11 is 0. The van der Waals surface area contributed by atoms with Crippen LogP contribution in [-0.2, 0) is 9.53 Å². The van der Waals surface area contributed by atoms with Crippen LogP contribution in [0.2, 0.25) is 0 Å². The molecule has 1 aliphatic carbocycles. The van der Waals surface area contributed by atoms with Crippen LogP contribution in [0.5, 0.6) is 0 Å². The second-order valence-electron chi connectivity index (χ2n) is 5.46. The molecular weight excluding hydrogens is 236 g/mol. The molecule has 0 aliphatic heterocycles. The third-order valence-corrected chi connectivity index (χ3v) is 3.51. The molecule has 0 N–H and O–H groups in total. The first-order chi connectivity index (χ1) is 9.15. The minimum Gasteiger partial charge on any atom is -0.463 e. The van der Waals surface area contributed by atoms with Gasteiger partial charge in [0, 0.05) is 0 Å². The van der Waals surface area contributed by atoms with Crippen molar-refractivity contribution in [3.63, 3.8) is 0 Å². The lowest BCUT2D eigenvalue weighted by Crippen LogP contribution is -2.13. The lowest BCUT2D eigenvalue weighted by molar-refractivity contribution is -0.146. The van der Waals surface area contributed by atoms with Crippen molar-refractivity contribution in [1.29, 1.82) is 0 Å². The first kappa shape index (κ1) is 13.9. The van der Waals surface area contributed by atoms with Crippen molar-refractivity contribution in [2.24, 2.45) is 0 Å². The number of hydrogen-bond donors (Lipinski definition) is 0. The van der Waals surface area contributed by atoms with Crippen LogP contribution in [-0.4, -0.2) is 12.1 Å². The van der Waals surface area contributed by atoms with Gasteiger partial charge >= 0.3 is 5.97 Å². The molecule has 0 unspecified atom stereocenters. The van der Waals surface area contributed by atoms with E-state index in [1.165, 1.54) is 11.1 Å². The van der Waals surface area contributed by atoms with E-state index in [4.69, 9.17) is 4.74 Å². The Bertz CT molecular complexity index is 446. The summed E-state index contributed by atoms with van der Waals surface area (Å²) in [7, 11) is 0. The quantitative estimate of drug-likeness (QED) is 0.597. The number of hydrogen-bond acceptors (Lipinski definition) is 2. The highest BCUT2D eigenvalue weighted by Gasteiger charge is 2.18. The van der Waals surface area contributed by atoms with Crippen LogP contribution in [0, 0.1) is 0 Å². The number of rotatable bonds is 4. The molecule has 1 aromatic carbocycles. The maximum atomic E-state index is 11.6. The van der Waals surface area contributed by atoms with Gasteiger partial charge in [-0.2, -0.15) is 0 Å². The van der Waals surface area contributed by atoms with E-state index in [9.17, 15) is 4.79 Å². The van der Waals surface area contributed by atoms with Crippen molar-refractivity contribution in [2.45, 2.75) is 51.6 Å². The minimum absolute atomic E-state index is 0.0197. The van der Waals surface area contributed by atoms with E-state index in [2.05, 4.69) is 36.4 Å². The lowest BCUT2D eigenvalue weighted by atomic mass is 9.84. The molecule has 0 bridgehead atoms. The normalized spacial score (nSPS) is 19.1. The Balaban J connectivity index is 1.88. The molecule has 0 aromatic heterocycles. The summed E-state index contributed by atoms with van der Waals surface area (Å²) < 4.78 is 5.18. The van der Waals surface area contributed by atoms with Crippen molar-refractivity contribution >= 4 is 5.97 Å². The predicted molar refractivity (Wildman–Crippen MR) is 77.0 cm³/mol. The molecule has 2 heteroatoms. The minimum atomic E-state index is -0.0978. The maximum Gasteiger partial charge on any atom is 0.310 e. The summed E-state index contributed by atoms with van der Waals surface area (Å²) in [6.45, 7) is 3.77. The maximum absolute atomic E-state index is 11.6. The highest BCUT2D eigenvalue weighted by Crippen LogP contribution is 2.33. The first-order valence-corrected chi connectivity index (χ1v) is 7.07. The van der Waals surface area contributed by atoms with Crippen LogP contribution in [0.4, 0.5) is 0 Å². The second-order valence-corrected chi connectivity index (χ2v) is 5.46. The van der Waals surface area contributed by atoms with Crippen LogP contribution >= 0.6 is 0 Å². The predicted octanol–water partition coefficient (Wildman–Crippen LogP) is 4.22. The van der Waals surface area contributed by atoms with Crippen LogP contribution < -0.4 is 0 Å². The van der Waals surface area contributed by atoms with Gasteiger partial charge < -0.3 is 4.74 Å². The molecule has 0 saturated carbocycles. The molecule has 2 rings (SSSR count). The summed E-state index contributed by atoms with van der Waals surface area (Å²) in [5.74, 6) is 0.505. The number of benzene rings is 1. The van der Waals surface area contributed by atoms with Crippen molar-refractivity contribution < 1.29 is 9.53 Å². The number of ether oxygens (including phenoxy) is 1. The van der Waals surface area contributed by atoms with Gasteiger partial charge in [0.15, 0.2) is 0 Å². The highest BCUT2D eigenvalue weighted by atomic mass is 16.5. The molecule has 1 aromatic rings. The Labute approximate surface area is 115 Å². The van der Waals surface area contributed by atoms with E-state index >= 15 is 0 Å². The van der Waals surface area contributed by atoms with E-state index < -0.39 is 0 Å². The molecule has 0 radical (unpaired) electrons. The Morgan fingerprint density at radius 2 is 2.05 bits per heavy atom. The van der Waals surface area contributed by atoms with E-state index in [0.29, 0.717) is 12.3 Å². The average Bonchev–Trinajstić information content (AvgIpc) is 2.39. The van der Waals surface area contributed by atoms with Crippen molar-refractivity contribution in [1.82, 2.24) is 0 Å². The van der Waals surface area contributed by atoms with Crippen molar-refractivity contribution in [3.05, 3.63) is 47.5 Å². The number of esters is 1. The van der Waals surface area contributed by atoms with Gasteiger partial charge in [0.05, 0.1) is 12.5 Å². The van der Waals surface area contributed by atoms with Crippen LogP contribution in [0.25, 0.3) is 0 Å². The summed E-state index contributed by atoms with van der Waals surface area (Å²) in [5.41, 5.74) is 2.64. The zero-order valence-electron chi connectivity index (χ0n) is 11.8. The molecule has 0 fully saturated rings. The molecule has 1 atom stereocenters. The SMILES string of the molecule is CC(C)OC(=O)CC1=CC[C@@H](c2ccccc2)CC1. The standard InChI is InChI=1S/C17H22O2/c1-13(2)19-17(18)12-14-8-10-16(11-9-14)15-6-4-3-5-7-15/h3-8,13,16H,9-12H2,1-2H3/t16-/m1/s1. The molecule has 19 heavy (non-hydrogen) atoms. The molecule has 1 aliphatic rings. The summed E-state index contributed by atoms with van der Waals surface area (Å²) in [5, 5.41) is 0. The van der Waals surface area contributed by atoms with Crippen LogP contribution in [0.15, 0.2) is 42.0 Å². The lowest BCUT2D eigenvalue weighted by Gasteiger charge is -2.22. The van der Waals surface area contributed by atoms with Gasteiger partial charge in [-0.1, -0.05) is 42.0 Å². The fourth-order valence-corrected chi connectivity index (χ4v) is 2.57. The van der Waals surface area contributed by atoms with Gasteiger partial charge in [-0.3, -0.25) is 4.79 Å². The van der Waals surface area contributed by atoms with Gasteiger partial charge in [-0.15, -0.1) is 0 Å². The number of carbonyl (C=O) groups is 1. The van der Waals surface area contributed by atoms with Crippen molar-refractivity contribution in [3.8, 4) is 0 Å². The summed E-state index contributed by atoms with van der Waals surface area (Å²) in [6.07, 6.45) is 5.84. The van der Waals surface area contributed by atoms with Gasteiger partial charge in [0.1, 0.15) is 0 Å². The second kappa shape index (κ2) is 6.55. The Kier molecular flexibility index (Phi) is 4.78. The van der Waals surface area contributed by atoms with E-state index in [0.717, 1.165) is 19.3 Å². The molecular formula is C17H22O2. The van der Waals surface area contributed by atoms with E-state index in [1.54, 1.807) is 0 Å². The number of allylic oxidation sites excluding steroid dienone is 1. The van der Waals surface area contributed by atoms with E-state index in [-0.39, 0.29) is 12.1 Å². The topological polar surface area (TPSA) is 26.3 Å². The zero-order valence-corrected chi connectivity index (χ0v) is 11.8. The fraction of sp³-hybridized carbons (Fsp3) is 0.471. The van der Waals surface area contributed by atoms with Gasteiger partial charge in [-0.05, 0) is 44.6 Å². The largest absolute Gasteiger partial charge is 0.463 e. The molecule has 0 spiro atoms. The van der Waals surface area contributed by atoms with Crippen LogP contribution in [0.3, 0.4) is 0 Å². The average molecular weight is 258 g/mol. The Hall–Kier alpha value is -1.57. The van der Waals surface area contributed by atoms with Crippen molar-refractivity contribution in [2.75, 3.05) is 0 Å². The van der Waals surface area contributed by atoms with Gasteiger partial charge in [0.25, 0.3) is 0 Å². The third-order valence-electron chi connectivity index (χ3n) is 3.51. The Morgan fingerprint density at radius 3 is 2.63 bits per heavy atom. The van der Waals surface area contributed by atoms with Crippen LogP contribution in [0.1, 0.15) is 51.0 Å². The summed E-state index contributed by atoms with van der Waals surface area (Å²) in [4.78, 5) is 11.6. The zero-order chi connectivity index (χ0) is 13.7. The molecule has 0 saturated heterocycles. The third kappa shape index (κ3) is 4.23. The fourth-order valence-electron chi connectivity index (χ4n) is 2.57. The molecule has 2 nitrogen and oxygen atoms in total. The van der Waals surface area contributed by atoms with E-state index in [1.807, 2.05) is 13.8 Å². The smallest absolute Gasteiger partial charge is 0.310 e.